The first kappa shape index (κ1) is 19.6. The van der Waals surface area contributed by atoms with E-state index in [0.717, 1.165) is 43.7 Å². The highest BCUT2D eigenvalue weighted by molar-refractivity contribution is 5.90. The molecule has 29 heavy (non-hydrogen) atoms. The van der Waals surface area contributed by atoms with E-state index in [4.69, 9.17) is 4.74 Å². The summed E-state index contributed by atoms with van der Waals surface area (Å²) in [5.74, 6) is 0.966. The molecule has 1 aromatic carbocycles. The maximum atomic E-state index is 12.6. The van der Waals surface area contributed by atoms with Crippen molar-refractivity contribution >= 4 is 17.6 Å². The second-order valence-electron chi connectivity index (χ2n) is 7.81. The Morgan fingerprint density at radius 2 is 1.90 bits per heavy atom. The molecule has 1 aromatic heterocycles. The number of hydrogen-bond donors (Lipinski definition) is 1. The Labute approximate surface area is 171 Å². The van der Waals surface area contributed by atoms with Crippen LogP contribution in [-0.4, -0.2) is 52.8 Å². The molecule has 0 unspecified atom stereocenters. The molecular weight excluding hydrogens is 368 g/mol. The fraction of sp³-hybridized carbons (Fsp3) is 0.500. The Balaban J connectivity index is 1.29. The number of nitrogens with zero attached hydrogens (tertiary/aromatic N) is 3. The van der Waals surface area contributed by atoms with Gasteiger partial charge in [0.15, 0.2) is 0 Å². The van der Waals surface area contributed by atoms with Crippen molar-refractivity contribution in [2.45, 2.75) is 38.1 Å². The van der Waals surface area contributed by atoms with Crippen molar-refractivity contribution in [3.05, 3.63) is 48.2 Å². The highest BCUT2D eigenvalue weighted by atomic mass is 16.5. The number of carbonyl (C=O) groups excluding carboxylic acids is 2. The molecule has 7 heteroatoms. The Bertz CT molecular complexity index is 822. The van der Waals surface area contributed by atoms with Crippen molar-refractivity contribution in [2.75, 3.05) is 31.6 Å². The molecule has 154 valence electrons. The van der Waals surface area contributed by atoms with Crippen molar-refractivity contribution in [1.82, 2.24) is 14.7 Å². The molecule has 3 heterocycles. The number of aromatic nitrogens is 2. The first-order chi connectivity index (χ1) is 14.2. The third kappa shape index (κ3) is 4.85. The van der Waals surface area contributed by atoms with Crippen molar-refractivity contribution in [3.8, 4) is 0 Å². The molecule has 0 aliphatic carbocycles. The van der Waals surface area contributed by atoms with Gasteiger partial charge in [-0.3, -0.25) is 9.59 Å². The summed E-state index contributed by atoms with van der Waals surface area (Å²) in [6.45, 7) is 2.69. The number of likely N-dealkylation sites (tertiary alicyclic amines) is 1. The number of ether oxygens (including phenoxy) is 1. The molecule has 0 spiro atoms. The molecule has 2 aromatic rings. The van der Waals surface area contributed by atoms with E-state index in [1.165, 1.54) is 0 Å². The SMILES string of the molecule is O=C(CCc1ccccc1)Nc1ccnn1C1CCN(C(=O)[C@@H]2CCOC2)CC1. The van der Waals surface area contributed by atoms with E-state index in [1.54, 1.807) is 6.20 Å². The molecule has 0 saturated carbocycles. The third-order valence-electron chi connectivity index (χ3n) is 5.82. The van der Waals surface area contributed by atoms with Gasteiger partial charge in [-0.1, -0.05) is 30.3 Å². The largest absolute Gasteiger partial charge is 0.381 e. The van der Waals surface area contributed by atoms with Gasteiger partial charge in [-0.15, -0.1) is 0 Å². The Hall–Kier alpha value is -2.67. The fourth-order valence-corrected chi connectivity index (χ4v) is 4.13. The van der Waals surface area contributed by atoms with Crippen LogP contribution in [0.3, 0.4) is 0 Å². The number of nitrogens with one attached hydrogen (secondary N) is 1. The molecule has 2 aliphatic rings. The lowest BCUT2D eigenvalue weighted by molar-refractivity contribution is -0.136. The van der Waals surface area contributed by atoms with Crippen LogP contribution in [-0.2, 0) is 20.7 Å². The zero-order valence-corrected chi connectivity index (χ0v) is 16.6. The van der Waals surface area contributed by atoms with E-state index in [2.05, 4.69) is 10.4 Å². The number of aryl methyl sites for hydroxylation is 1. The third-order valence-corrected chi connectivity index (χ3v) is 5.82. The predicted molar refractivity (Wildman–Crippen MR) is 109 cm³/mol. The fourth-order valence-electron chi connectivity index (χ4n) is 4.13. The van der Waals surface area contributed by atoms with Crippen LogP contribution in [0.25, 0.3) is 0 Å². The topological polar surface area (TPSA) is 76.5 Å². The lowest BCUT2D eigenvalue weighted by atomic mass is 10.0. The lowest BCUT2D eigenvalue weighted by Gasteiger charge is -2.34. The molecule has 2 saturated heterocycles. The van der Waals surface area contributed by atoms with E-state index in [0.29, 0.717) is 26.1 Å². The second kappa shape index (κ2) is 9.22. The summed E-state index contributed by atoms with van der Waals surface area (Å²) in [5, 5.41) is 7.44. The zero-order valence-electron chi connectivity index (χ0n) is 16.6. The number of anilines is 1. The van der Waals surface area contributed by atoms with E-state index in [-0.39, 0.29) is 23.8 Å². The van der Waals surface area contributed by atoms with E-state index in [9.17, 15) is 9.59 Å². The summed E-state index contributed by atoms with van der Waals surface area (Å²) in [6, 6.07) is 12.0. The maximum Gasteiger partial charge on any atom is 0.228 e. The van der Waals surface area contributed by atoms with Gasteiger partial charge in [0.1, 0.15) is 5.82 Å². The first-order valence-electron chi connectivity index (χ1n) is 10.4. The van der Waals surface area contributed by atoms with Crippen molar-refractivity contribution in [2.24, 2.45) is 5.92 Å². The lowest BCUT2D eigenvalue weighted by Crippen LogP contribution is -2.42. The normalized spacial score (nSPS) is 20.0. The van der Waals surface area contributed by atoms with Gasteiger partial charge in [-0.05, 0) is 31.2 Å². The van der Waals surface area contributed by atoms with E-state index < -0.39 is 0 Å². The van der Waals surface area contributed by atoms with E-state index in [1.807, 2.05) is 46.0 Å². The smallest absolute Gasteiger partial charge is 0.228 e. The van der Waals surface area contributed by atoms with Gasteiger partial charge in [0.25, 0.3) is 0 Å². The highest BCUT2D eigenvalue weighted by Crippen LogP contribution is 2.27. The number of amides is 2. The summed E-state index contributed by atoms with van der Waals surface area (Å²) in [6.07, 6.45) is 5.39. The molecule has 4 rings (SSSR count). The minimum absolute atomic E-state index is 0.00977. The number of carbonyl (C=O) groups is 2. The van der Waals surface area contributed by atoms with Crippen LogP contribution in [0.1, 0.15) is 37.3 Å². The number of hydrogen-bond acceptors (Lipinski definition) is 4. The van der Waals surface area contributed by atoms with Crippen LogP contribution >= 0.6 is 0 Å². The van der Waals surface area contributed by atoms with Gasteiger partial charge >= 0.3 is 0 Å². The van der Waals surface area contributed by atoms with Crippen LogP contribution in [0.2, 0.25) is 0 Å². The molecule has 2 amide bonds. The first-order valence-corrected chi connectivity index (χ1v) is 10.4. The van der Waals surface area contributed by atoms with Gasteiger partial charge in [-0.2, -0.15) is 5.10 Å². The van der Waals surface area contributed by atoms with Gasteiger partial charge < -0.3 is 15.0 Å². The number of piperidine rings is 1. The van der Waals surface area contributed by atoms with Crippen LogP contribution in [0.15, 0.2) is 42.6 Å². The molecule has 2 aliphatic heterocycles. The quantitative estimate of drug-likeness (QED) is 0.814. The monoisotopic (exact) mass is 396 g/mol. The molecule has 1 atom stereocenters. The van der Waals surface area contributed by atoms with Crippen molar-refractivity contribution < 1.29 is 14.3 Å². The average molecular weight is 396 g/mol. The van der Waals surface area contributed by atoms with Crippen LogP contribution in [0, 0.1) is 5.92 Å². The Kier molecular flexibility index (Phi) is 6.24. The average Bonchev–Trinajstić information content (AvgIpc) is 3.45. The van der Waals surface area contributed by atoms with Crippen LogP contribution in [0.4, 0.5) is 5.82 Å². The number of benzene rings is 1. The van der Waals surface area contributed by atoms with Gasteiger partial charge in [0.2, 0.25) is 11.8 Å². The summed E-state index contributed by atoms with van der Waals surface area (Å²) in [5.41, 5.74) is 1.15. The minimum atomic E-state index is -0.00977. The van der Waals surface area contributed by atoms with Gasteiger partial charge in [0, 0.05) is 32.2 Å². The van der Waals surface area contributed by atoms with Crippen LogP contribution in [0.5, 0.6) is 0 Å². The minimum Gasteiger partial charge on any atom is -0.381 e. The Morgan fingerprint density at radius 1 is 1.10 bits per heavy atom. The Morgan fingerprint density at radius 3 is 2.62 bits per heavy atom. The molecule has 1 N–H and O–H groups in total. The summed E-state index contributed by atoms with van der Waals surface area (Å²) >= 11 is 0. The van der Waals surface area contributed by atoms with Crippen molar-refractivity contribution in [3.63, 3.8) is 0 Å². The van der Waals surface area contributed by atoms with Crippen molar-refractivity contribution in [1.29, 1.82) is 0 Å². The molecule has 2 fully saturated rings. The summed E-state index contributed by atoms with van der Waals surface area (Å²) in [7, 11) is 0. The molecule has 7 nitrogen and oxygen atoms in total. The number of rotatable bonds is 6. The van der Waals surface area contributed by atoms with Crippen LogP contribution < -0.4 is 5.32 Å². The molecular formula is C22H28N4O3. The van der Waals surface area contributed by atoms with Gasteiger partial charge in [-0.25, -0.2) is 4.68 Å². The summed E-state index contributed by atoms with van der Waals surface area (Å²) < 4.78 is 7.25. The second-order valence-corrected chi connectivity index (χ2v) is 7.81. The van der Waals surface area contributed by atoms with Gasteiger partial charge in [0.05, 0.1) is 24.8 Å². The van der Waals surface area contributed by atoms with E-state index >= 15 is 0 Å². The highest BCUT2D eigenvalue weighted by Gasteiger charge is 2.31. The summed E-state index contributed by atoms with van der Waals surface area (Å²) in [4.78, 5) is 26.9. The maximum absolute atomic E-state index is 12.6. The molecule has 0 radical (unpaired) electrons. The standard InChI is InChI=1S/C22H28N4O3/c27-21(7-6-17-4-2-1-3-5-17)24-20-8-12-23-26(20)19-9-13-25(14-10-19)22(28)18-11-15-29-16-18/h1-5,8,12,18-19H,6-7,9-11,13-16H2,(H,24,27)/t18-/m1/s1. The zero-order chi connectivity index (χ0) is 20.1. The molecule has 0 bridgehead atoms. The predicted octanol–water partition coefficient (Wildman–Crippen LogP) is 2.65.